The molecule has 2 rings (SSSR count). The van der Waals surface area contributed by atoms with Crippen LogP contribution in [0.3, 0.4) is 0 Å². The van der Waals surface area contributed by atoms with Gasteiger partial charge >= 0.3 is 6.01 Å². The highest BCUT2D eigenvalue weighted by Crippen LogP contribution is 2.21. The highest BCUT2D eigenvalue weighted by Gasteiger charge is 2.25. The zero-order valence-corrected chi connectivity index (χ0v) is 10.7. The van der Waals surface area contributed by atoms with Gasteiger partial charge in [0.25, 0.3) is 0 Å². The van der Waals surface area contributed by atoms with Gasteiger partial charge in [0.1, 0.15) is 0 Å². The van der Waals surface area contributed by atoms with Gasteiger partial charge in [-0.05, 0) is 23.9 Å². The Morgan fingerprint density at radius 1 is 1.41 bits per heavy atom. The molecule has 1 aliphatic rings. The first-order valence-electron chi connectivity index (χ1n) is 5.56. The minimum atomic E-state index is 0.130. The smallest absolute Gasteiger partial charge is 0.322 e. The first kappa shape index (κ1) is 12.3. The number of piperidine rings is 1. The predicted molar refractivity (Wildman–Crippen MR) is 65.4 cm³/mol. The molecule has 0 bridgehead atoms. The molecular weight excluding hydrogens is 242 g/mol. The van der Waals surface area contributed by atoms with Crippen LogP contribution in [0.4, 0.5) is 5.95 Å². The number of halogens is 1. The number of ether oxygens (including phenoxy) is 1. The van der Waals surface area contributed by atoms with Crippen LogP contribution in [0.2, 0.25) is 5.28 Å². The van der Waals surface area contributed by atoms with Crippen molar-refractivity contribution in [3.63, 3.8) is 0 Å². The van der Waals surface area contributed by atoms with Crippen LogP contribution in [0, 0.1) is 5.92 Å². The van der Waals surface area contributed by atoms with E-state index in [1.54, 1.807) is 0 Å². The lowest BCUT2D eigenvalue weighted by atomic mass is 9.95. The summed E-state index contributed by atoms with van der Waals surface area (Å²) in [6, 6.07) is 0.359. The van der Waals surface area contributed by atoms with Crippen molar-refractivity contribution in [3.8, 4) is 6.01 Å². The minimum Gasteiger partial charge on any atom is -0.467 e. The Bertz CT molecular complexity index is 402. The minimum absolute atomic E-state index is 0.130. The van der Waals surface area contributed by atoms with Gasteiger partial charge in [0.05, 0.1) is 7.11 Å². The topological polar surface area (TPSA) is 77.2 Å². The molecule has 2 heterocycles. The molecule has 0 spiro atoms. The Labute approximate surface area is 105 Å². The van der Waals surface area contributed by atoms with Gasteiger partial charge in [-0.15, -0.1) is 0 Å². The highest BCUT2D eigenvalue weighted by molar-refractivity contribution is 6.28. The first-order chi connectivity index (χ1) is 8.10. The van der Waals surface area contributed by atoms with Crippen molar-refractivity contribution in [2.24, 2.45) is 11.7 Å². The van der Waals surface area contributed by atoms with Gasteiger partial charge in [0.15, 0.2) is 0 Å². The molecule has 94 valence electrons. The van der Waals surface area contributed by atoms with E-state index in [1.807, 2.05) is 4.90 Å². The molecule has 1 aliphatic heterocycles. The molecule has 1 aromatic heterocycles. The van der Waals surface area contributed by atoms with Gasteiger partial charge in [0.2, 0.25) is 11.2 Å². The van der Waals surface area contributed by atoms with Crippen molar-refractivity contribution >= 4 is 17.5 Å². The summed E-state index contributed by atoms with van der Waals surface area (Å²) < 4.78 is 4.97. The summed E-state index contributed by atoms with van der Waals surface area (Å²) in [5.41, 5.74) is 6.04. The highest BCUT2D eigenvalue weighted by atomic mass is 35.5. The van der Waals surface area contributed by atoms with E-state index in [0.29, 0.717) is 11.9 Å². The molecule has 2 atom stereocenters. The number of nitrogens with two attached hydrogens (primary N) is 1. The number of anilines is 1. The van der Waals surface area contributed by atoms with E-state index in [-0.39, 0.29) is 17.3 Å². The average Bonchev–Trinajstić information content (AvgIpc) is 2.32. The lowest BCUT2D eigenvalue weighted by Gasteiger charge is -2.34. The Kier molecular flexibility index (Phi) is 3.63. The van der Waals surface area contributed by atoms with Crippen molar-refractivity contribution in [1.29, 1.82) is 0 Å². The van der Waals surface area contributed by atoms with Crippen molar-refractivity contribution < 1.29 is 4.74 Å². The summed E-state index contributed by atoms with van der Waals surface area (Å²) in [5, 5.41) is 0.138. The lowest BCUT2D eigenvalue weighted by Crippen LogP contribution is -2.48. The summed E-state index contributed by atoms with van der Waals surface area (Å²) in [4.78, 5) is 14.1. The molecule has 0 aliphatic carbocycles. The average molecular weight is 258 g/mol. The van der Waals surface area contributed by atoms with E-state index in [2.05, 4.69) is 21.9 Å². The first-order valence-corrected chi connectivity index (χ1v) is 5.94. The SMILES string of the molecule is COc1nc(Cl)nc(N2CCC(C)C(N)C2)n1. The van der Waals surface area contributed by atoms with Crippen LogP contribution in [0.1, 0.15) is 13.3 Å². The van der Waals surface area contributed by atoms with Gasteiger partial charge < -0.3 is 15.4 Å². The normalized spacial score (nSPS) is 24.8. The Balaban J connectivity index is 2.19. The van der Waals surface area contributed by atoms with Crippen LogP contribution in [-0.2, 0) is 0 Å². The third-order valence-electron chi connectivity index (χ3n) is 3.06. The summed E-state index contributed by atoms with van der Waals surface area (Å²) in [6.45, 7) is 3.76. The molecule has 0 radical (unpaired) electrons. The Morgan fingerprint density at radius 2 is 2.18 bits per heavy atom. The van der Waals surface area contributed by atoms with E-state index in [4.69, 9.17) is 22.1 Å². The molecule has 1 saturated heterocycles. The molecule has 2 unspecified atom stereocenters. The van der Waals surface area contributed by atoms with Gasteiger partial charge in [-0.2, -0.15) is 15.0 Å². The number of rotatable bonds is 2. The molecule has 6 nitrogen and oxygen atoms in total. The van der Waals surface area contributed by atoms with Crippen molar-refractivity contribution in [1.82, 2.24) is 15.0 Å². The molecule has 2 N–H and O–H groups in total. The molecule has 7 heteroatoms. The maximum absolute atomic E-state index is 6.04. The number of methoxy groups -OCH3 is 1. The summed E-state index contributed by atoms with van der Waals surface area (Å²) >= 11 is 5.81. The van der Waals surface area contributed by atoms with E-state index in [0.717, 1.165) is 19.5 Å². The van der Waals surface area contributed by atoms with E-state index >= 15 is 0 Å². The largest absolute Gasteiger partial charge is 0.467 e. The maximum Gasteiger partial charge on any atom is 0.322 e. The molecule has 17 heavy (non-hydrogen) atoms. The standard InChI is InChI=1S/C10H16ClN5O/c1-6-3-4-16(5-7(6)12)9-13-8(11)14-10(15-9)17-2/h6-7H,3-5,12H2,1-2H3. The molecule has 0 amide bonds. The second-order valence-corrected chi connectivity index (χ2v) is 4.61. The fraction of sp³-hybridized carbons (Fsp3) is 0.700. The van der Waals surface area contributed by atoms with Crippen LogP contribution < -0.4 is 15.4 Å². The predicted octanol–water partition coefficient (Wildman–Crippen LogP) is 0.707. The van der Waals surface area contributed by atoms with Gasteiger partial charge in [-0.1, -0.05) is 6.92 Å². The van der Waals surface area contributed by atoms with Gasteiger partial charge in [-0.25, -0.2) is 0 Å². The molecule has 1 fully saturated rings. The molecule has 0 aromatic carbocycles. The van der Waals surface area contributed by atoms with Crippen molar-refractivity contribution in [2.75, 3.05) is 25.1 Å². The number of hydrogen-bond donors (Lipinski definition) is 1. The van der Waals surface area contributed by atoms with Crippen molar-refractivity contribution in [3.05, 3.63) is 5.28 Å². The van der Waals surface area contributed by atoms with E-state index in [9.17, 15) is 0 Å². The van der Waals surface area contributed by atoms with Crippen LogP contribution >= 0.6 is 11.6 Å². The third kappa shape index (κ3) is 2.76. The summed E-state index contributed by atoms with van der Waals surface area (Å²) in [7, 11) is 1.50. The van der Waals surface area contributed by atoms with Crippen LogP contribution in [0.5, 0.6) is 6.01 Å². The van der Waals surface area contributed by atoms with Crippen LogP contribution in [0.25, 0.3) is 0 Å². The number of nitrogens with zero attached hydrogens (tertiary/aromatic N) is 4. The van der Waals surface area contributed by atoms with Crippen molar-refractivity contribution in [2.45, 2.75) is 19.4 Å². The summed E-state index contributed by atoms with van der Waals surface area (Å²) in [5.74, 6) is 1.05. The second kappa shape index (κ2) is 5.01. The monoisotopic (exact) mass is 257 g/mol. The van der Waals surface area contributed by atoms with Gasteiger partial charge in [-0.3, -0.25) is 0 Å². The zero-order chi connectivity index (χ0) is 12.4. The third-order valence-corrected chi connectivity index (χ3v) is 3.23. The van der Waals surface area contributed by atoms with Crippen LogP contribution in [-0.4, -0.2) is 41.2 Å². The van der Waals surface area contributed by atoms with Gasteiger partial charge in [0, 0.05) is 19.1 Å². The lowest BCUT2D eigenvalue weighted by molar-refractivity contribution is 0.365. The fourth-order valence-corrected chi connectivity index (χ4v) is 1.98. The van der Waals surface area contributed by atoms with E-state index in [1.165, 1.54) is 7.11 Å². The number of aromatic nitrogens is 3. The Morgan fingerprint density at radius 3 is 2.82 bits per heavy atom. The Hall–Kier alpha value is -1.14. The molecule has 1 aromatic rings. The maximum atomic E-state index is 6.04. The van der Waals surface area contributed by atoms with Crippen LogP contribution in [0.15, 0.2) is 0 Å². The molecular formula is C10H16ClN5O. The fourth-order valence-electron chi connectivity index (χ4n) is 1.84. The summed E-state index contributed by atoms with van der Waals surface area (Å²) in [6.07, 6.45) is 1.02. The molecule has 0 saturated carbocycles. The second-order valence-electron chi connectivity index (χ2n) is 4.27. The number of hydrogen-bond acceptors (Lipinski definition) is 6. The zero-order valence-electron chi connectivity index (χ0n) is 9.93. The van der Waals surface area contributed by atoms with E-state index < -0.39 is 0 Å². The quantitative estimate of drug-likeness (QED) is 0.841.